The summed E-state index contributed by atoms with van der Waals surface area (Å²) in [4.78, 5) is 20.5. The van der Waals surface area contributed by atoms with Gasteiger partial charge in [-0.3, -0.25) is 10.3 Å². The van der Waals surface area contributed by atoms with Crippen molar-refractivity contribution in [2.45, 2.75) is 6.04 Å². The van der Waals surface area contributed by atoms with Crippen molar-refractivity contribution in [1.29, 1.82) is 0 Å². The third-order valence-corrected chi connectivity index (χ3v) is 4.15. The van der Waals surface area contributed by atoms with E-state index < -0.39 is 12.1 Å². The third-order valence-electron chi connectivity index (χ3n) is 3.39. The van der Waals surface area contributed by atoms with Crippen molar-refractivity contribution in [2.24, 2.45) is 0 Å². The van der Waals surface area contributed by atoms with Crippen LogP contribution in [-0.4, -0.2) is 27.7 Å². The number of carbonyl (C=O) groups is 1. The summed E-state index contributed by atoms with van der Waals surface area (Å²) in [5, 5.41) is 17.3. The Labute approximate surface area is 156 Å². The minimum atomic E-state index is -0.467. The lowest BCUT2D eigenvalue weighted by Gasteiger charge is -2.16. The largest absolute Gasteiger partial charge is 0.394 e. The van der Waals surface area contributed by atoms with Gasteiger partial charge in [-0.05, 0) is 17.7 Å². The van der Waals surface area contributed by atoms with Crippen LogP contribution >= 0.6 is 24.8 Å². The van der Waals surface area contributed by atoms with Crippen LogP contribution in [0.3, 0.4) is 0 Å². The Morgan fingerprint density at radius 3 is 2.56 bits per heavy atom. The van der Waals surface area contributed by atoms with Gasteiger partial charge in [0.05, 0.1) is 18.3 Å². The zero-order chi connectivity index (χ0) is 16.8. The number of carbonyl (C=O) groups excluding carboxylic acids is 1. The van der Waals surface area contributed by atoms with Gasteiger partial charge in [0.2, 0.25) is 0 Å². The molecule has 3 rings (SSSR count). The van der Waals surface area contributed by atoms with Gasteiger partial charge in [-0.1, -0.05) is 30.3 Å². The summed E-state index contributed by atoms with van der Waals surface area (Å²) in [6.07, 6.45) is 3.39. The number of benzene rings is 1. The summed E-state index contributed by atoms with van der Waals surface area (Å²) in [6.45, 7) is -0.183. The maximum absolute atomic E-state index is 12.1. The molecule has 2 aromatic heterocycles. The van der Waals surface area contributed by atoms with Gasteiger partial charge >= 0.3 is 6.03 Å². The van der Waals surface area contributed by atoms with Gasteiger partial charge in [-0.25, -0.2) is 9.78 Å². The van der Waals surface area contributed by atoms with Gasteiger partial charge in [0.1, 0.15) is 0 Å². The number of amides is 2. The number of rotatable bonds is 5. The zero-order valence-corrected chi connectivity index (χ0v) is 15.0. The molecular weight excluding hydrogens is 356 g/mol. The van der Waals surface area contributed by atoms with Crippen LogP contribution in [-0.2, 0) is 0 Å². The third kappa shape index (κ3) is 5.02. The summed E-state index contributed by atoms with van der Waals surface area (Å²) in [5.41, 5.74) is 2.55. The molecule has 1 aromatic carbocycles. The minimum Gasteiger partial charge on any atom is -0.394 e. The van der Waals surface area contributed by atoms with E-state index in [0.29, 0.717) is 5.13 Å². The molecule has 0 fully saturated rings. The first kappa shape index (κ1) is 18.9. The topological polar surface area (TPSA) is 87.1 Å². The maximum atomic E-state index is 12.1. The van der Waals surface area contributed by atoms with Crippen LogP contribution in [0.4, 0.5) is 9.93 Å². The highest BCUT2D eigenvalue weighted by Crippen LogP contribution is 2.24. The first-order valence-corrected chi connectivity index (χ1v) is 8.23. The highest BCUT2D eigenvalue weighted by molar-refractivity contribution is 7.59. The molecule has 0 aliphatic carbocycles. The minimum absolute atomic E-state index is 0. The molecule has 6 nitrogen and oxygen atoms in total. The Morgan fingerprint density at radius 2 is 1.88 bits per heavy atom. The number of aliphatic hydroxyl groups excluding tert-OH is 1. The number of hydrogen-bond donors (Lipinski definition) is 3. The average Bonchev–Trinajstić information content (AvgIpc) is 3.09. The molecule has 0 saturated carbocycles. The average molecular weight is 374 g/mol. The standard InChI is InChI=1S/C17H16N4O2S.H2S/c22-10-14(12-4-2-1-3-5-12)19-16(23)21-17-20-15(11-24-17)13-6-8-18-9-7-13;/h1-9,11,14,22H,10H2,(H2,19,20,21,23);1H2/t14-;/m1./s1. The molecule has 0 spiro atoms. The number of nitrogens with zero attached hydrogens (tertiary/aromatic N) is 2. The normalized spacial score (nSPS) is 11.2. The number of aromatic nitrogens is 2. The van der Waals surface area contributed by atoms with Gasteiger partial charge in [-0.15, -0.1) is 11.3 Å². The Morgan fingerprint density at radius 1 is 1.16 bits per heavy atom. The number of thiazole rings is 1. The first-order valence-electron chi connectivity index (χ1n) is 7.35. The molecule has 0 unspecified atom stereocenters. The van der Waals surface area contributed by atoms with E-state index in [1.54, 1.807) is 12.4 Å². The number of hydrogen-bond acceptors (Lipinski definition) is 5. The van der Waals surface area contributed by atoms with Crippen LogP contribution in [0, 0.1) is 0 Å². The Kier molecular flexibility index (Phi) is 6.93. The molecule has 2 amide bonds. The van der Waals surface area contributed by atoms with E-state index in [0.717, 1.165) is 16.8 Å². The predicted octanol–water partition coefficient (Wildman–Crippen LogP) is 3.17. The Bertz CT molecular complexity index is 797. The number of aliphatic hydroxyl groups is 1. The zero-order valence-electron chi connectivity index (χ0n) is 13.2. The summed E-state index contributed by atoms with van der Waals surface area (Å²) in [7, 11) is 0. The SMILES string of the molecule is O=C(Nc1nc(-c2ccncc2)cs1)N[C@H](CO)c1ccccc1.S. The van der Waals surface area contributed by atoms with Crippen LogP contribution in [0.25, 0.3) is 11.3 Å². The van der Waals surface area contributed by atoms with Crippen LogP contribution in [0.15, 0.2) is 60.2 Å². The number of pyridine rings is 1. The van der Waals surface area contributed by atoms with Crippen molar-refractivity contribution in [2.75, 3.05) is 11.9 Å². The molecule has 0 bridgehead atoms. The Hall–Kier alpha value is -2.42. The lowest BCUT2D eigenvalue weighted by molar-refractivity contribution is 0.225. The van der Waals surface area contributed by atoms with Gasteiger partial charge in [-0.2, -0.15) is 13.5 Å². The van der Waals surface area contributed by atoms with Crippen molar-refractivity contribution in [1.82, 2.24) is 15.3 Å². The van der Waals surface area contributed by atoms with Gasteiger partial charge in [0.25, 0.3) is 0 Å². The second kappa shape index (κ2) is 9.16. The van der Waals surface area contributed by atoms with Crippen molar-refractivity contribution in [3.05, 3.63) is 65.8 Å². The highest BCUT2D eigenvalue weighted by atomic mass is 32.1. The van der Waals surface area contributed by atoms with Crippen LogP contribution in [0.1, 0.15) is 11.6 Å². The number of urea groups is 1. The summed E-state index contributed by atoms with van der Waals surface area (Å²) in [6, 6.07) is 12.1. The molecule has 130 valence electrons. The fourth-order valence-corrected chi connectivity index (χ4v) is 2.91. The highest BCUT2D eigenvalue weighted by Gasteiger charge is 2.14. The molecule has 0 aliphatic heterocycles. The van der Waals surface area contributed by atoms with Gasteiger partial charge < -0.3 is 10.4 Å². The number of nitrogens with one attached hydrogen (secondary N) is 2. The van der Waals surface area contributed by atoms with Gasteiger partial charge in [0.15, 0.2) is 5.13 Å². The first-order chi connectivity index (χ1) is 11.8. The molecule has 2 heterocycles. The molecule has 0 aliphatic rings. The fourth-order valence-electron chi connectivity index (χ4n) is 2.20. The molecule has 0 radical (unpaired) electrons. The monoisotopic (exact) mass is 374 g/mol. The van der Waals surface area contributed by atoms with Gasteiger partial charge in [0, 0.05) is 23.3 Å². The summed E-state index contributed by atoms with van der Waals surface area (Å²) in [5.74, 6) is 0. The molecule has 0 saturated heterocycles. The lowest BCUT2D eigenvalue weighted by atomic mass is 10.1. The van der Waals surface area contributed by atoms with E-state index in [1.165, 1.54) is 11.3 Å². The van der Waals surface area contributed by atoms with Crippen LogP contribution in [0.2, 0.25) is 0 Å². The van der Waals surface area contributed by atoms with Crippen molar-refractivity contribution in [3.8, 4) is 11.3 Å². The summed E-state index contributed by atoms with van der Waals surface area (Å²) < 4.78 is 0. The fraction of sp³-hybridized carbons (Fsp3) is 0.118. The quantitative estimate of drug-likeness (QED) is 0.640. The molecule has 1 atom stereocenters. The van der Waals surface area contributed by atoms with E-state index in [9.17, 15) is 9.90 Å². The van der Waals surface area contributed by atoms with Crippen molar-refractivity contribution < 1.29 is 9.90 Å². The second-order valence-corrected chi connectivity index (χ2v) is 5.88. The second-order valence-electron chi connectivity index (χ2n) is 5.02. The van der Waals surface area contributed by atoms with Crippen LogP contribution < -0.4 is 10.6 Å². The van der Waals surface area contributed by atoms with E-state index in [4.69, 9.17) is 0 Å². The molecule has 3 N–H and O–H groups in total. The van der Waals surface area contributed by atoms with E-state index in [1.807, 2.05) is 47.8 Å². The van der Waals surface area contributed by atoms with Crippen molar-refractivity contribution in [3.63, 3.8) is 0 Å². The number of anilines is 1. The van der Waals surface area contributed by atoms with Crippen molar-refractivity contribution >= 4 is 36.0 Å². The molecular formula is C17H18N4O2S2. The summed E-state index contributed by atoms with van der Waals surface area (Å²) >= 11 is 1.34. The van der Waals surface area contributed by atoms with Crippen LogP contribution in [0.5, 0.6) is 0 Å². The smallest absolute Gasteiger partial charge is 0.321 e. The Balaban J connectivity index is 0.00000225. The van der Waals surface area contributed by atoms with E-state index in [2.05, 4.69) is 20.6 Å². The predicted molar refractivity (Wildman–Crippen MR) is 104 cm³/mol. The maximum Gasteiger partial charge on any atom is 0.321 e. The molecule has 3 aromatic rings. The molecule has 8 heteroatoms. The van der Waals surface area contributed by atoms with E-state index >= 15 is 0 Å². The van der Waals surface area contributed by atoms with E-state index in [-0.39, 0.29) is 20.1 Å². The lowest BCUT2D eigenvalue weighted by Crippen LogP contribution is -2.34. The molecule has 25 heavy (non-hydrogen) atoms.